The van der Waals surface area contributed by atoms with Gasteiger partial charge in [0.25, 0.3) is 0 Å². The van der Waals surface area contributed by atoms with Crippen molar-refractivity contribution in [2.45, 2.75) is 33.1 Å². The van der Waals surface area contributed by atoms with Crippen molar-refractivity contribution in [2.75, 3.05) is 38.6 Å². The second-order valence-electron chi connectivity index (χ2n) is 5.31. The third-order valence-electron chi connectivity index (χ3n) is 2.90. The molecule has 0 bridgehead atoms. The lowest BCUT2D eigenvalue weighted by molar-refractivity contribution is 0.112. The fourth-order valence-corrected chi connectivity index (χ4v) is 2.95. The Bertz CT molecular complexity index is 401. The van der Waals surface area contributed by atoms with Gasteiger partial charge < -0.3 is 9.80 Å². The molecule has 0 amide bonds. The van der Waals surface area contributed by atoms with Crippen LogP contribution in [0.1, 0.15) is 48.5 Å². The van der Waals surface area contributed by atoms with Crippen LogP contribution in [0.15, 0.2) is 0 Å². The topological polar surface area (TPSA) is 36.4 Å². The molecule has 0 aliphatic carbocycles. The Morgan fingerprint density at radius 2 is 1.95 bits per heavy atom. The molecule has 0 aromatic carbocycles. The van der Waals surface area contributed by atoms with E-state index in [1.165, 1.54) is 11.3 Å². The van der Waals surface area contributed by atoms with Gasteiger partial charge in [-0.05, 0) is 26.4 Å². The number of carbonyl (C=O) groups is 1. The molecule has 1 heterocycles. The first-order valence-corrected chi connectivity index (χ1v) is 7.66. The van der Waals surface area contributed by atoms with Gasteiger partial charge in [-0.3, -0.25) is 4.79 Å². The molecule has 1 aromatic rings. The van der Waals surface area contributed by atoms with Crippen molar-refractivity contribution in [3.8, 4) is 0 Å². The van der Waals surface area contributed by atoms with Crippen LogP contribution >= 0.6 is 11.3 Å². The summed E-state index contributed by atoms with van der Waals surface area (Å²) in [5, 5.41) is 0.981. The number of likely N-dealkylation sites (N-methyl/N-ethyl adjacent to an activating group) is 1. The minimum absolute atomic E-state index is 0.294. The second-order valence-corrected chi connectivity index (χ2v) is 6.32. The maximum absolute atomic E-state index is 11.1. The van der Waals surface area contributed by atoms with Crippen molar-refractivity contribution < 1.29 is 4.79 Å². The first-order valence-electron chi connectivity index (χ1n) is 6.85. The summed E-state index contributed by atoms with van der Waals surface area (Å²) < 4.78 is 0. The van der Waals surface area contributed by atoms with E-state index in [1.54, 1.807) is 0 Å². The maximum Gasteiger partial charge on any atom is 0.186 e. The van der Waals surface area contributed by atoms with Crippen molar-refractivity contribution >= 4 is 22.8 Å². The summed E-state index contributed by atoms with van der Waals surface area (Å²) in [6.45, 7) is 9.25. The van der Waals surface area contributed by atoms with Gasteiger partial charge in [-0.15, -0.1) is 0 Å². The van der Waals surface area contributed by atoms with Gasteiger partial charge >= 0.3 is 0 Å². The highest BCUT2D eigenvalue weighted by Crippen LogP contribution is 2.29. The van der Waals surface area contributed by atoms with Crippen LogP contribution in [0.3, 0.4) is 0 Å². The van der Waals surface area contributed by atoms with E-state index >= 15 is 0 Å². The fourth-order valence-electron chi connectivity index (χ4n) is 1.86. The third kappa shape index (κ3) is 4.58. The summed E-state index contributed by atoms with van der Waals surface area (Å²) in [5.41, 5.74) is 0.931. The molecule has 4 nitrogen and oxygen atoms in total. The number of thiazole rings is 1. The minimum Gasteiger partial charge on any atom is -0.347 e. The van der Waals surface area contributed by atoms with E-state index in [0.717, 1.165) is 48.0 Å². The molecule has 0 atom stereocenters. The number of hydrogen-bond donors (Lipinski definition) is 0. The summed E-state index contributed by atoms with van der Waals surface area (Å²) in [7, 11) is 4.14. The molecule has 0 fully saturated rings. The van der Waals surface area contributed by atoms with Crippen LogP contribution in [-0.2, 0) is 0 Å². The van der Waals surface area contributed by atoms with E-state index in [4.69, 9.17) is 0 Å². The van der Waals surface area contributed by atoms with Crippen molar-refractivity contribution in [3.05, 3.63) is 10.6 Å². The Balaban J connectivity index is 2.92. The van der Waals surface area contributed by atoms with Gasteiger partial charge in [-0.1, -0.05) is 32.1 Å². The van der Waals surface area contributed by atoms with E-state index in [1.807, 2.05) is 0 Å². The highest BCUT2D eigenvalue weighted by molar-refractivity contribution is 7.17. The van der Waals surface area contributed by atoms with Crippen LogP contribution in [0.2, 0.25) is 0 Å². The van der Waals surface area contributed by atoms with E-state index in [0.29, 0.717) is 5.92 Å². The summed E-state index contributed by atoms with van der Waals surface area (Å²) in [6.07, 6.45) is 2.02. The second kappa shape index (κ2) is 7.60. The largest absolute Gasteiger partial charge is 0.347 e. The number of nitrogens with zero attached hydrogens (tertiary/aromatic N) is 3. The first kappa shape index (κ1) is 16.1. The molecule has 0 N–H and O–H groups in total. The molecule has 0 aliphatic heterocycles. The van der Waals surface area contributed by atoms with Crippen LogP contribution < -0.4 is 4.90 Å². The number of rotatable bonds is 8. The normalized spacial score (nSPS) is 11.3. The third-order valence-corrected chi connectivity index (χ3v) is 3.96. The van der Waals surface area contributed by atoms with E-state index in [9.17, 15) is 4.79 Å². The molecule has 5 heteroatoms. The molecule has 0 spiro atoms. The molecule has 0 saturated carbocycles. The predicted molar refractivity (Wildman–Crippen MR) is 82.6 cm³/mol. The minimum atomic E-state index is 0.294. The standard InChI is InChI=1S/C14H25N3OS/c1-6-7-17(9-8-16(4)5)14-15-13(11(2)3)12(10-18)19-14/h10-11H,6-9H2,1-5H3. The number of hydrogen-bond acceptors (Lipinski definition) is 5. The van der Waals surface area contributed by atoms with Crippen molar-refractivity contribution in [3.63, 3.8) is 0 Å². The Hall–Kier alpha value is -0.940. The monoisotopic (exact) mass is 283 g/mol. The molecule has 108 valence electrons. The van der Waals surface area contributed by atoms with Gasteiger partial charge in [0.1, 0.15) is 0 Å². The van der Waals surface area contributed by atoms with Crippen LogP contribution in [0.5, 0.6) is 0 Å². The number of aromatic nitrogens is 1. The number of carbonyl (C=O) groups excluding carboxylic acids is 1. The lowest BCUT2D eigenvalue weighted by Crippen LogP contribution is -2.32. The first-order chi connectivity index (χ1) is 8.99. The average Bonchev–Trinajstić information content (AvgIpc) is 2.78. The smallest absolute Gasteiger partial charge is 0.186 e. The van der Waals surface area contributed by atoms with Gasteiger partial charge in [-0.2, -0.15) is 0 Å². The lowest BCUT2D eigenvalue weighted by atomic mass is 10.1. The molecular formula is C14H25N3OS. The summed E-state index contributed by atoms with van der Waals surface area (Å²) in [4.78, 5) is 21.0. The highest BCUT2D eigenvalue weighted by atomic mass is 32.1. The van der Waals surface area contributed by atoms with Gasteiger partial charge in [0.05, 0.1) is 10.6 Å². The summed E-state index contributed by atoms with van der Waals surface area (Å²) in [6, 6.07) is 0. The van der Waals surface area contributed by atoms with Crippen LogP contribution in [0.4, 0.5) is 5.13 Å². The Kier molecular flexibility index (Phi) is 6.45. The molecule has 0 radical (unpaired) electrons. The van der Waals surface area contributed by atoms with Crippen molar-refractivity contribution in [1.82, 2.24) is 9.88 Å². The van der Waals surface area contributed by atoms with E-state index in [-0.39, 0.29) is 0 Å². The summed E-state index contributed by atoms with van der Waals surface area (Å²) >= 11 is 1.52. The lowest BCUT2D eigenvalue weighted by Gasteiger charge is -2.23. The molecule has 19 heavy (non-hydrogen) atoms. The molecule has 0 aliphatic rings. The van der Waals surface area contributed by atoms with Crippen molar-refractivity contribution in [1.29, 1.82) is 0 Å². The highest BCUT2D eigenvalue weighted by Gasteiger charge is 2.17. The fraction of sp³-hybridized carbons (Fsp3) is 0.714. The molecule has 1 rings (SSSR count). The quantitative estimate of drug-likeness (QED) is 0.687. The van der Waals surface area contributed by atoms with Crippen molar-refractivity contribution in [2.24, 2.45) is 0 Å². The van der Waals surface area contributed by atoms with E-state index in [2.05, 4.69) is 49.7 Å². The van der Waals surface area contributed by atoms with E-state index < -0.39 is 0 Å². The zero-order valence-electron chi connectivity index (χ0n) is 12.6. The molecular weight excluding hydrogens is 258 g/mol. The van der Waals surface area contributed by atoms with Crippen LogP contribution in [-0.4, -0.2) is 49.9 Å². The Labute approximate surface area is 120 Å². The molecule has 1 aromatic heterocycles. The van der Waals surface area contributed by atoms with Gasteiger partial charge in [-0.25, -0.2) is 4.98 Å². The zero-order valence-corrected chi connectivity index (χ0v) is 13.5. The van der Waals surface area contributed by atoms with Crippen LogP contribution in [0.25, 0.3) is 0 Å². The van der Waals surface area contributed by atoms with Crippen LogP contribution in [0, 0.1) is 0 Å². The number of anilines is 1. The zero-order chi connectivity index (χ0) is 14.4. The van der Waals surface area contributed by atoms with Gasteiger partial charge in [0.15, 0.2) is 11.4 Å². The van der Waals surface area contributed by atoms with Gasteiger partial charge in [0.2, 0.25) is 0 Å². The summed E-state index contributed by atoms with van der Waals surface area (Å²) in [5.74, 6) is 0.294. The molecule has 0 saturated heterocycles. The predicted octanol–water partition coefficient (Wildman–Crippen LogP) is 2.86. The number of aldehydes is 1. The van der Waals surface area contributed by atoms with Gasteiger partial charge in [0, 0.05) is 19.6 Å². The molecule has 0 unspecified atom stereocenters. The Morgan fingerprint density at radius 1 is 1.26 bits per heavy atom. The SMILES string of the molecule is CCCN(CCN(C)C)c1nc(C(C)C)c(C=O)s1. The maximum atomic E-state index is 11.1. The average molecular weight is 283 g/mol. The Morgan fingerprint density at radius 3 is 2.37 bits per heavy atom.